The van der Waals surface area contributed by atoms with E-state index in [0.717, 1.165) is 5.56 Å². The van der Waals surface area contributed by atoms with E-state index >= 15 is 0 Å². The van der Waals surface area contributed by atoms with Gasteiger partial charge in [-0.2, -0.15) is 0 Å². The summed E-state index contributed by atoms with van der Waals surface area (Å²) in [6.07, 6.45) is 0. The fourth-order valence-electron chi connectivity index (χ4n) is 1.90. The minimum absolute atomic E-state index is 0.103. The summed E-state index contributed by atoms with van der Waals surface area (Å²) in [5.74, 6) is -1.19. The van der Waals surface area contributed by atoms with E-state index in [2.05, 4.69) is 5.32 Å². The monoisotopic (exact) mass is 320 g/mol. The van der Waals surface area contributed by atoms with Crippen molar-refractivity contribution in [3.05, 3.63) is 65.2 Å². The van der Waals surface area contributed by atoms with Crippen molar-refractivity contribution in [3.63, 3.8) is 0 Å². The van der Waals surface area contributed by atoms with E-state index in [-0.39, 0.29) is 12.2 Å². The molecule has 0 radical (unpaired) electrons. The van der Waals surface area contributed by atoms with E-state index in [1.54, 1.807) is 31.2 Å². The fraction of sp³-hybridized carbons (Fsp3) is 0.235. The molecule has 23 heavy (non-hydrogen) atoms. The second-order valence-electron chi connectivity index (χ2n) is 5.14. The summed E-state index contributed by atoms with van der Waals surface area (Å²) in [5.41, 5.74) is 5.99. The van der Waals surface area contributed by atoms with Gasteiger partial charge in [-0.1, -0.05) is 18.2 Å². The normalized spacial score (nSPS) is 12.0. The molecule has 2 rings (SSSR count). The number of amides is 1. The van der Waals surface area contributed by atoms with E-state index < -0.39 is 23.6 Å². The quantitative estimate of drug-likeness (QED) is 0.824. The van der Waals surface area contributed by atoms with Crippen LogP contribution in [0.25, 0.3) is 0 Å². The third-order valence-electron chi connectivity index (χ3n) is 3.41. The van der Waals surface area contributed by atoms with Crippen molar-refractivity contribution in [1.29, 1.82) is 0 Å². The molecule has 6 heteroatoms. The van der Waals surface area contributed by atoms with Crippen LogP contribution < -0.4 is 15.8 Å². The molecule has 0 spiro atoms. The van der Waals surface area contributed by atoms with Crippen molar-refractivity contribution in [2.24, 2.45) is 5.73 Å². The lowest BCUT2D eigenvalue weighted by Gasteiger charge is -2.11. The van der Waals surface area contributed by atoms with Gasteiger partial charge in [0.15, 0.2) is 0 Å². The molecular weight excluding hydrogens is 302 g/mol. The maximum absolute atomic E-state index is 13.5. The minimum atomic E-state index is -0.633. The number of rotatable bonds is 7. The van der Waals surface area contributed by atoms with Gasteiger partial charge in [0.2, 0.25) is 5.91 Å². The summed E-state index contributed by atoms with van der Waals surface area (Å²) in [4.78, 5) is 10.9. The number of nitrogens with two attached hydrogens (primary N) is 1. The van der Waals surface area contributed by atoms with Gasteiger partial charge in [-0.15, -0.1) is 0 Å². The lowest BCUT2D eigenvalue weighted by atomic mass is 10.2. The Kier molecular flexibility index (Phi) is 5.65. The van der Waals surface area contributed by atoms with Gasteiger partial charge in [0, 0.05) is 6.54 Å². The van der Waals surface area contributed by atoms with Crippen LogP contribution in [0.2, 0.25) is 0 Å². The first-order valence-electron chi connectivity index (χ1n) is 7.14. The Hall–Kier alpha value is -2.47. The van der Waals surface area contributed by atoms with Crippen molar-refractivity contribution in [1.82, 2.24) is 5.32 Å². The molecule has 0 saturated carbocycles. The second-order valence-corrected chi connectivity index (χ2v) is 5.14. The van der Waals surface area contributed by atoms with Crippen molar-refractivity contribution < 1.29 is 18.3 Å². The number of hydrogen-bond acceptors (Lipinski definition) is 3. The number of hydrogen-bond donors (Lipinski definition) is 2. The first-order chi connectivity index (χ1) is 11.0. The zero-order valence-corrected chi connectivity index (χ0v) is 12.7. The molecular formula is C17H18F2N2O2. The standard InChI is InChI=1S/C17H18F2N2O2/c1-11(17(20)22)21-9-12-5-7-13(8-6-12)23-10-14-15(18)3-2-4-16(14)19/h2-8,11,21H,9-10H2,1H3,(H2,20,22)/t11-/m0/s1. The van der Waals surface area contributed by atoms with Crippen LogP contribution in [0.5, 0.6) is 5.75 Å². The predicted octanol–water partition coefficient (Wildman–Crippen LogP) is 2.51. The van der Waals surface area contributed by atoms with Crippen molar-refractivity contribution in [3.8, 4) is 5.75 Å². The highest BCUT2D eigenvalue weighted by Crippen LogP contribution is 2.17. The maximum atomic E-state index is 13.5. The van der Waals surface area contributed by atoms with Gasteiger partial charge < -0.3 is 15.8 Å². The second kappa shape index (κ2) is 7.69. The largest absolute Gasteiger partial charge is 0.489 e. The van der Waals surface area contributed by atoms with Crippen LogP contribution in [0.1, 0.15) is 18.1 Å². The molecule has 0 aliphatic heterocycles. The topological polar surface area (TPSA) is 64.3 Å². The van der Waals surface area contributed by atoms with Crippen LogP contribution in [-0.2, 0) is 17.9 Å². The molecule has 2 aromatic rings. The molecule has 1 amide bonds. The first kappa shape index (κ1) is 16.9. The van der Waals surface area contributed by atoms with Crippen LogP contribution in [0.4, 0.5) is 8.78 Å². The Morgan fingerprint density at radius 1 is 1.17 bits per heavy atom. The van der Waals surface area contributed by atoms with Gasteiger partial charge >= 0.3 is 0 Å². The Labute approximate surface area is 133 Å². The summed E-state index contributed by atoms with van der Waals surface area (Å²) in [6.45, 7) is 1.98. The smallest absolute Gasteiger partial charge is 0.234 e. The SMILES string of the molecule is C[C@H](NCc1ccc(OCc2c(F)cccc2F)cc1)C(N)=O. The zero-order valence-electron chi connectivity index (χ0n) is 12.7. The highest BCUT2D eigenvalue weighted by molar-refractivity contribution is 5.79. The van der Waals surface area contributed by atoms with Gasteiger partial charge in [-0.3, -0.25) is 4.79 Å². The van der Waals surface area contributed by atoms with Gasteiger partial charge in [-0.25, -0.2) is 8.78 Å². The first-order valence-corrected chi connectivity index (χ1v) is 7.14. The van der Waals surface area contributed by atoms with Crippen LogP contribution in [0.3, 0.4) is 0 Å². The molecule has 4 nitrogen and oxygen atoms in total. The zero-order chi connectivity index (χ0) is 16.8. The molecule has 0 aliphatic carbocycles. The Balaban J connectivity index is 1.91. The molecule has 2 aromatic carbocycles. The Bertz CT molecular complexity index is 655. The minimum Gasteiger partial charge on any atom is -0.489 e. The molecule has 0 unspecified atom stereocenters. The van der Waals surface area contributed by atoms with Crippen molar-refractivity contribution in [2.45, 2.75) is 26.1 Å². The number of carbonyl (C=O) groups is 1. The lowest BCUT2D eigenvalue weighted by molar-refractivity contribution is -0.119. The summed E-state index contributed by atoms with van der Waals surface area (Å²) in [5, 5.41) is 2.98. The van der Waals surface area contributed by atoms with E-state index in [0.29, 0.717) is 12.3 Å². The van der Waals surface area contributed by atoms with E-state index in [1.807, 2.05) is 0 Å². The molecule has 1 atom stereocenters. The molecule has 3 N–H and O–H groups in total. The summed E-state index contributed by atoms with van der Waals surface area (Å²) in [7, 11) is 0. The van der Waals surface area contributed by atoms with Gasteiger partial charge in [-0.05, 0) is 36.8 Å². The molecule has 0 heterocycles. The van der Waals surface area contributed by atoms with Crippen LogP contribution >= 0.6 is 0 Å². The predicted molar refractivity (Wildman–Crippen MR) is 82.6 cm³/mol. The number of primary amides is 1. The maximum Gasteiger partial charge on any atom is 0.234 e. The number of benzene rings is 2. The summed E-state index contributed by atoms with van der Waals surface area (Å²) in [6, 6.07) is 10.3. The molecule has 0 fully saturated rings. The number of carbonyl (C=O) groups excluding carboxylic acids is 1. The number of nitrogens with one attached hydrogen (secondary N) is 1. The molecule has 0 aliphatic rings. The third kappa shape index (κ3) is 4.75. The van der Waals surface area contributed by atoms with Gasteiger partial charge in [0.25, 0.3) is 0 Å². The number of halogens is 2. The number of ether oxygens (including phenoxy) is 1. The molecule has 0 aromatic heterocycles. The average molecular weight is 320 g/mol. The third-order valence-corrected chi connectivity index (χ3v) is 3.41. The Morgan fingerprint density at radius 3 is 2.35 bits per heavy atom. The van der Waals surface area contributed by atoms with Gasteiger partial charge in [0.05, 0.1) is 11.6 Å². The van der Waals surface area contributed by atoms with Gasteiger partial charge in [0.1, 0.15) is 24.0 Å². The van der Waals surface area contributed by atoms with E-state index in [4.69, 9.17) is 10.5 Å². The Morgan fingerprint density at radius 2 is 1.78 bits per heavy atom. The summed E-state index contributed by atoms with van der Waals surface area (Å²) < 4.78 is 32.4. The van der Waals surface area contributed by atoms with Crippen LogP contribution in [0, 0.1) is 11.6 Å². The van der Waals surface area contributed by atoms with E-state index in [1.165, 1.54) is 18.2 Å². The van der Waals surface area contributed by atoms with Crippen LogP contribution in [-0.4, -0.2) is 11.9 Å². The van der Waals surface area contributed by atoms with Crippen molar-refractivity contribution >= 4 is 5.91 Å². The molecule has 0 bridgehead atoms. The van der Waals surface area contributed by atoms with Crippen molar-refractivity contribution in [2.75, 3.05) is 0 Å². The fourth-order valence-corrected chi connectivity index (χ4v) is 1.90. The average Bonchev–Trinajstić information content (AvgIpc) is 2.53. The molecule has 122 valence electrons. The van der Waals surface area contributed by atoms with Crippen LogP contribution in [0.15, 0.2) is 42.5 Å². The van der Waals surface area contributed by atoms with E-state index in [9.17, 15) is 13.6 Å². The highest BCUT2D eigenvalue weighted by Gasteiger charge is 2.09. The lowest BCUT2D eigenvalue weighted by Crippen LogP contribution is -2.38. The highest BCUT2D eigenvalue weighted by atomic mass is 19.1. The summed E-state index contributed by atoms with van der Waals surface area (Å²) >= 11 is 0. The molecule has 0 saturated heterocycles.